The zero-order valence-electron chi connectivity index (χ0n) is 42.7. The lowest BCUT2D eigenvalue weighted by Gasteiger charge is -2.26. The molecule has 0 heterocycles. The van der Waals surface area contributed by atoms with Gasteiger partial charge in [-0.15, -0.1) is 0 Å². The van der Waals surface area contributed by atoms with Gasteiger partial charge in [0.15, 0.2) is 0 Å². The summed E-state index contributed by atoms with van der Waals surface area (Å²) in [4.78, 5) is 40.0. The summed E-state index contributed by atoms with van der Waals surface area (Å²) in [6.07, 6.45) is 53.3. The molecular weight excluding hydrogens is 813 g/mol. The quantitative estimate of drug-likeness (QED) is 0.0268. The van der Waals surface area contributed by atoms with E-state index < -0.39 is 49.4 Å². The van der Waals surface area contributed by atoms with Gasteiger partial charge >= 0.3 is 17.9 Å². The lowest BCUT2D eigenvalue weighted by molar-refractivity contribution is -0.185. The van der Waals surface area contributed by atoms with Gasteiger partial charge in [-0.25, -0.2) is 4.79 Å². The van der Waals surface area contributed by atoms with E-state index >= 15 is 0 Å². The maximum Gasteiger partial charge on any atom is 0.351 e. The molecule has 0 amide bonds. The Morgan fingerprint density at radius 2 is 0.815 bits per heavy atom. The van der Waals surface area contributed by atoms with Crippen LogP contribution in [-0.2, 0) is 28.6 Å². The molecule has 380 valence electrons. The maximum absolute atomic E-state index is 13.5. The molecule has 3 atom stereocenters. The third-order valence-electron chi connectivity index (χ3n) is 12.3. The SMILES string of the molecule is CC/C=C\C/C=C\C/C=C\CCCCCC(OC(=O)CCCCCCCCCCCCCCCCC)C(OC(=O)CCCCCCCCCCCCCCCCC)C(=O)OCC(O)CO. The van der Waals surface area contributed by atoms with Crippen molar-refractivity contribution in [2.24, 2.45) is 0 Å². The second-order valence-electron chi connectivity index (χ2n) is 18.7. The molecule has 0 fully saturated rings. The fraction of sp³-hybridized carbons (Fsp3) is 0.842. The highest BCUT2D eigenvalue weighted by molar-refractivity contribution is 5.80. The second-order valence-corrected chi connectivity index (χ2v) is 18.7. The van der Waals surface area contributed by atoms with Crippen LogP contribution in [0.4, 0.5) is 0 Å². The Kier molecular flexibility index (Phi) is 49.0. The highest BCUT2D eigenvalue weighted by Crippen LogP contribution is 2.21. The molecule has 0 aromatic carbocycles. The Morgan fingerprint density at radius 3 is 1.23 bits per heavy atom. The van der Waals surface area contributed by atoms with Crippen molar-refractivity contribution in [1.82, 2.24) is 0 Å². The monoisotopic (exact) mass is 917 g/mol. The minimum atomic E-state index is -1.44. The minimum absolute atomic E-state index is 0.165. The normalized spacial score (nSPS) is 13.2. The van der Waals surface area contributed by atoms with Crippen LogP contribution in [0.3, 0.4) is 0 Å². The molecule has 0 bridgehead atoms. The number of aliphatic hydroxyl groups excluding tert-OH is 2. The maximum atomic E-state index is 13.5. The van der Waals surface area contributed by atoms with Gasteiger partial charge in [-0.1, -0.05) is 243 Å². The number of hydrogen-bond acceptors (Lipinski definition) is 8. The molecule has 65 heavy (non-hydrogen) atoms. The first kappa shape index (κ1) is 62.5. The van der Waals surface area contributed by atoms with Crippen LogP contribution in [0.1, 0.15) is 278 Å². The van der Waals surface area contributed by atoms with E-state index in [2.05, 4.69) is 57.2 Å². The molecule has 0 radical (unpaired) electrons. The number of carbonyl (C=O) groups is 3. The summed E-state index contributed by atoms with van der Waals surface area (Å²) in [6.45, 7) is 5.64. The van der Waals surface area contributed by atoms with Gasteiger partial charge in [0.1, 0.15) is 18.8 Å². The third kappa shape index (κ3) is 45.1. The standard InChI is InChI=1S/C57H104O8/c1-4-7-10-13-16-19-22-25-27-30-33-36-39-42-45-48-54(60)64-53(47-44-41-38-35-32-29-24-21-18-15-12-9-6-3)56(57(62)63-51-52(59)50-58)65-55(61)49-46-43-40-37-34-31-28-26-23-20-17-14-11-8-5-2/h9,12,18,21,29,32,52-53,56,58-59H,4-8,10-11,13-17,19-20,22-28,30-31,33-51H2,1-3H3/b12-9-,21-18-,32-29-. The minimum Gasteiger partial charge on any atom is -0.460 e. The number of unbranched alkanes of at least 4 members (excludes halogenated alkanes) is 31. The zero-order valence-corrected chi connectivity index (χ0v) is 42.7. The Bertz CT molecular complexity index is 1130. The van der Waals surface area contributed by atoms with Gasteiger partial charge in [0.05, 0.1) is 6.61 Å². The first-order valence-corrected chi connectivity index (χ1v) is 27.7. The lowest BCUT2D eigenvalue weighted by Crippen LogP contribution is -2.43. The summed E-state index contributed by atoms with van der Waals surface area (Å²) in [6, 6.07) is 0. The van der Waals surface area contributed by atoms with Gasteiger partial charge in [0.25, 0.3) is 0 Å². The van der Waals surface area contributed by atoms with Gasteiger partial charge in [-0.2, -0.15) is 0 Å². The number of allylic oxidation sites excluding steroid dienone is 6. The van der Waals surface area contributed by atoms with Crippen LogP contribution in [0.15, 0.2) is 36.5 Å². The molecule has 0 aliphatic carbocycles. The van der Waals surface area contributed by atoms with Crippen molar-refractivity contribution in [3.05, 3.63) is 36.5 Å². The molecule has 8 nitrogen and oxygen atoms in total. The topological polar surface area (TPSA) is 119 Å². The zero-order chi connectivity index (χ0) is 47.5. The predicted molar refractivity (Wildman–Crippen MR) is 273 cm³/mol. The lowest BCUT2D eigenvalue weighted by atomic mass is 10.0. The van der Waals surface area contributed by atoms with E-state index in [0.29, 0.717) is 25.7 Å². The first-order valence-electron chi connectivity index (χ1n) is 27.7. The molecular formula is C57H104O8. The summed E-state index contributed by atoms with van der Waals surface area (Å²) < 4.78 is 17.1. The number of ether oxygens (including phenoxy) is 3. The Hall–Kier alpha value is -2.45. The highest BCUT2D eigenvalue weighted by Gasteiger charge is 2.36. The van der Waals surface area contributed by atoms with Crippen LogP contribution in [0.5, 0.6) is 0 Å². The van der Waals surface area contributed by atoms with Crippen molar-refractivity contribution in [3.63, 3.8) is 0 Å². The number of rotatable bonds is 50. The van der Waals surface area contributed by atoms with E-state index in [1.54, 1.807) is 0 Å². The fourth-order valence-corrected chi connectivity index (χ4v) is 8.18. The van der Waals surface area contributed by atoms with Crippen LogP contribution in [0.2, 0.25) is 0 Å². The van der Waals surface area contributed by atoms with E-state index in [9.17, 15) is 24.6 Å². The number of hydrogen-bond donors (Lipinski definition) is 2. The molecule has 0 saturated carbocycles. The molecule has 0 saturated heterocycles. The highest BCUT2D eigenvalue weighted by atomic mass is 16.6. The molecule has 0 rings (SSSR count). The van der Waals surface area contributed by atoms with Crippen LogP contribution in [-0.4, -0.2) is 59.6 Å². The van der Waals surface area contributed by atoms with Gasteiger partial charge in [0, 0.05) is 12.8 Å². The van der Waals surface area contributed by atoms with Crippen molar-refractivity contribution >= 4 is 17.9 Å². The summed E-state index contributed by atoms with van der Waals surface area (Å²) >= 11 is 0. The van der Waals surface area contributed by atoms with E-state index in [4.69, 9.17) is 14.2 Å². The average molecular weight is 917 g/mol. The summed E-state index contributed by atoms with van der Waals surface area (Å²) in [5, 5.41) is 19.3. The Labute approximate surface area is 401 Å². The van der Waals surface area contributed by atoms with Crippen molar-refractivity contribution < 1.29 is 38.8 Å². The van der Waals surface area contributed by atoms with E-state index in [0.717, 1.165) is 70.6 Å². The largest absolute Gasteiger partial charge is 0.460 e. The number of esters is 3. The van der Waals surface area contributed by atoms with Crippen molar-refractivity contribution in [2.45, 2.75) is 296 Å². The van der Waals surface area contributed by atoms with Gasteiger partial charge in [-0.3, -0.25) is 9.59 Å². The predicted octanol–water partition coefficient (Wildman–Crippen LogP) is 16.0. The molecule has 8 heteroatoms. The van der Waals surface area contributed by atoms with E-state index in [1.807, 2.05) is 0 Å². The third-order valence-corrected chi connectivity index (χ3v) is 12.3. The Balaban J connectivity index is 5.07. The van der Waals surface area contributed by atoms with Crippen molar-refractivity contribution in [2.75, 3.05) is 13.2 Å². The van der Waals surface area contributed by atoms with Crippen LogP contribution >= 0.6 is 0 Å². The number of carbonyl (C=O) groups excluding carboxylic acids is 3. The van der Waals surface area contributed by atoms with Gasteiger partial charge < -0.3 is 24.4 Å². The van der Waals surface area contributed by atoms with Crippen LogP contribution in [0.25, 0.3) is 0 Å². The number of aliphatic hydroxyl groups is 2. The summed E-state index contributed by atoms with van der Waals surface area (Å²) in [5.74, 6) is -1.79. The molecule has 0 aromatic rings. The van der Waals surface area contributed by atoms with Crippen LogP contribution < -0.4 is 0 Å². The van der Waals surface area contributed by atoms with E-state index in [1.165, 1.54) is 148 Å². The molecule has 0 spiro atoms. The van der Waals surface area contributed by atoms with Gasteiger partial charge in [0.2, 0.25) is 6.10 Å². The first-order chi connectivity index (χ1) is 31.9. The Morgan fingerprint density at radius 1 is 0.446 bits per heavy atom. The summed E-state index contributed by atoms with van der Waals surface area (Å²) in [5.41, 5.74) is 0. The molecule has 2 N–H and O–H groups in total. The van der Waals surface area contributed by atoms with E-state index in [-0.39, 0.29) is 12.8 Å². The second kappa shape index (κ2) is 51.0. The summed E-state index contributed by atoms with van der Waals surface area (Å²) in [7, 11) is 0. The molecule has 3 unspecified atom stereocenters. The fourth-order valence-electron chi connectivity index (χ4n) is 8.18. The molecule has 0 aliphatic rings. The smallest absolute Gasteiger partial charge is 0.351 e. The van der Waals surface area contributed by atoms with Gasteiger partial charge in [-0.05, 0) is 57.8 Å². The van der Waals surface area contributed by atoms with Crippen LogP contribution in [0, 0.1) is 0 Å². The molecule has 0 aromatic heterocycles. The molecule has 0 aliphatic heterocycles. The average Bonchev–Trinajstić information content (AvgIpc) is 3.30. The van der Waals surface area contributed by atoms with Crippen molar-refractivity contribution in [1.29, 1.82) is 0 Å². The van der Waals surface area contributed by atoms with Crippen molar-refractivity contribution in [3.8, 4) is 0 Å².